The van der Waals surface area contributed by atoms with Crippen LogP contribution in [0.5, 0.6) is 5.75 Å². The molecule has 1 heterocycles. The fourth-order valence-electron chi connectivity index (χ4n) is 2.08. The monoisotopic (exact) mass is 304 g/mol. The van der Waals surface area contributed by atoms with Crippen molar-refractivity contribution in [3.8, 4) is 5.75 Å². The zero-order valence-corrected chi connectivity index (χ0v) is 12.6. The molecule has 6 heteroatoms. The number of aliphatic hydroxyl groups excluding tert-OH is 1. The van der Waals surface area contributed by atoms with E-state index in [9.17, 15) is 9.90 Å². The number of anilines is 1. The number of aliphatic hydroxyl groups is 1. The third kappa shape index (κ3) is 4.53. The van der Waals surface area contributed by atoms with Crippen LogP contribution in [0.25, 0.3) is 0 Å². The molecule has 2 unspecified atom stereocenters. The number of nitrogens with one attached hydrogen (secondary N) is 2. The van der Waals surface area contributed by atoms with E-state index in [1.54, 1.807) is 43.5 Å². The van der Waals surface area contributed by atoms with E-state index in [0.717, 1.165) is 0 Å². The van der Waals surface area contributed by atoms with Gasteiger partial charge in [-0.3, -0.25) is 0 Å². The van der Waals surface area contributed by atoms with Gasteiger partial charge in [0.1, 0.15) is 17.6 Å². The molecular formula is C16H20N2O4. The van der Waals surface area contributed by atoms with Crippen LogP contribution in [0, 0.1) is 0 Å². The van der Waals surface area contributed by atoms with Crippen molar-refractivity contribution in [3.63, 3.8) is 0 Å². The van der Waals surface area contributed by atoms with Crippen LogP contribution in [0.3, 0.4) is 0 Å². The third-order valence-corrected chi connectivity index (χ3v) is 3.15. The molecule has 0 spiro atoms. The maximum Gasteiger partial charge on any atom is 0.319 e. The van der Waals surface area contributed by atoms with Crippen molar-refractivity contribution in [2.45, 2.75) is 25.5 Å². The molecule has 0 fully saturated rings. The molecular weight excluding hydrogens is 284 g/mol. The normalized spacial score (nSPS) is 13.2. The molecule has 1 aromatic carbocycles. The molecule has 2 aromatic rings. The molecule has 2 amide bonds. The highest BCUT2D eigenvalue weighted by Gasteiger charge is 2.16. The highest BCUT2D eigenvalue weighted by molar-refractivity contribution is 5.89. The summed E-state index contributed by atoms with van der Waals surface area (Å²) < 4.78 is 10.2. The predicted octanol–water partition coefficient (Wildman–Crippen LogP) is 2.92. The molecule has 0 aliphatic rings. The molecule has 3 N–H and O–H groups in total. The summed E-state index contributed by atoms with van der Waals surface area (Å²) in [5.41, 5.74) is 0.635. The van der Waals surface area contributed by atoms with E-state index in [2.05, 4.69) is 10.6 Å². The van der Waals surface area contributed by atoms with E-state index < -0.39 is 6.10 Å². The molecule has 6 nitrogen and oxygen atoms in total. The summed E-state index contributed by atoms with van der Waals surface area (Å²) in [6, 6.07) is 9.94. The van der Waals surface area contributed by atoms with Crippen LogP contribution in [-0.2, 0) is 0 Å². The van der Waals surface area contributed by atoms with Gasteiger partial charge in [-0.25, -0.2) is 4.79 Å². The first kappa shape index (κ1) is 15.9. The Morgan fingerprint density at radius 3 is 2.86 bits per heavy atom. The Bertz CT molecular complexity index is 598. The first-order valence-electron chi connectivity index (χ1n) is 7.01. The zero-order chi connectivity index (χ0) is 15.9. The van der Waals surface area contributed by atoms with Crippen molar-refractivity contribution in [2.24, 2.45) is 0 Å². The van der Waals surface area contributed by atoms with E-state index in [-0.39, 0.29) is 12.1 Å². The van der Waals surface area contributed by atoms with Crippen LogP contribution in [0.2, 0.25) is 0 Å². The minimum absolute atomic E-state index is 0.217. The highest BCUT2D eigenvalue weighted by Crippen LogP contribution is 2.19. The molecule has 0 saturated carbocycles. The van der Waals surface area contributed by atoms with Crippen LogP contribution in [0.1, 0.15) is 25.2 Å². The van der Waals surface area contributed by atoms with Crippen LogP contribution in [-0.4, -0.2) is 24.3 Å². The lowest BCUT2D eigenvalue weighted by Crippen LogP contribution is -2.37. The molecule has 0 bridgehead atoms. The van der Waals surface area contributed by atoms with E-state index in [1.165, 1.54) is 6.26 Å². The standard InChI is InChI=1S/C16H20N2O4/c1-11(9-14(19)15-7-4-8-22-15)17-16(20)18-12-5-3-6-13(10-12)21-2/h3-8,10-11,14,19H,9H2,1-2H3,(H2,17,18,20). The number of carbonyl (C=O) groups excluding carboxylic acids is 1. The lowest BCUT2D eigenvalue weighted by Gasteiger charge is -2.17. The maximum absolute atomic E-state index is 11.9. The summed E-state index contributed by atoms with van der Waals surface area (Å²) in [7, 11) is 1.57. The van der Waals surface area contributed by atoms with Gasteiger partial charge < -0.3 is 24.9 Å². The van der Waals surface area contributed by atoms with Gasteiger partial charge in [-0.1, -0.05) is 6.07 Å². The largest absolute Gasteiger partial charge is 0.497 e. The lowest BCUT2D eigenvalue weighted by atomic mass is 10.1. The summed E-state index contributed by atoms with van der Waals surface area (Å²) >= 11 is 0. The highest BCUT2D eigenvalue weighted by atomic mass is 16.5. The smallest absolute Gasteiger partial charge is 0.319 e. The third-order valence-electron chi connectivity index (χ3n) is 3.15. The summed E-state index contributed by atoms with van der Waals surface area (Å²) in [6.45, 7) is 1.82. The number of carbonyl (C=O) groups is 1. The van der Waals surface area contributed by atoms with Gasteiger partial charge in [0.2, 0.25) is 0 Å². The second kappa shape index (κ2) is 7.51. The van der Waals surface area contributed by atoms with Crippen LogP contribution in [0.4, 0.5) is 10.5 Å². The predicted molar refractivity (Wildman–Crippen MR) is 82.9 cm³/mol. The van der Waals surface area contributed by atoms with Crippen LogP contribution >= 0.6 is 0 Å². The van der Waals surface area contributed by atoms with Crippen molar-refractivity contribution in [1.29, 1.82) is 0 Å². The molecule has 118 valence electrons. The van der Waals surface area contributed by atoms with Crippen molar-refractivity contribution in [2.75, 3.05) is 12.4 Å². The van der Waals surface area contributed by atoms with E-state index in [0.29, 0.717) is 23.6 Å². The first-order valence-corrected chi connectivity index (χ1v) is 7.01. The molecule has 0 radical (unpaired) electrons. The SMILES string of the molecule is COc1cccc(NC(=O)NC(C)CC(O)c2ccco2)c1. The number of furan rings is 1. The van der Waals surface area contributed by atoms with Crippen molar-refractivity contribution < 1.29 is 19.1 Å². The van der Waals surface area contributed by atoms with E-state index >= 15 is 0 Å². The van der Waals surface area contributed by atoms with Crippen molar-refractivity contribution >= 4 is 11.7 Å². The van der Waals surface area contributed by atoms with Crippen LogP contribution < -0.4 is 15.4 Å². The fourth-order valence-corrected chi connectivity index (χ4v) is 2.08. The van der Waals surface area contributed by atoms with Gasteiger partial charge in [0.25, 0.3) is 0 Å². The van der Waals surface area contributed by atoms with Crippen molar-refractivity contribution in [3.05, 3.63) is 48.4 Å². The number of rotatable bonds is 6. The maximum atomic E-state index is 11.9. The molecule has 0 aliphatic carbocycles. The molecule has 0 aliphatic heterocycles. The van der Waals surface area contributed by atoms with Gasteiger partial charge in [0.05, 0.1) is 13.4 Å². The Kier molecular flexibility index (Phi) is 5.43. The number of hydrogen-bond acceptors (Lipinski definition) is 4. The molecule has 2 atom stereocenters. The number of methoxy groups -OCH3 is 1. The number of ether oxygens (including phenoxy) is 1. The quantitative estimate of drug-likeness (QED) is 0.766. The Balaban J connectivity index is 1.83. The van der Waals surface area contributed by atoms with Gasteiger partial charge in [0.15, 0.2) is 0 Å². The summed E-state index contributed by atoms with van der Waals surface area (Å²) in [5, 5.41) is 15.5. The van der Waals surface area contributed by atoms with Gasteiger partial charge >= 0.3 is 6.03 Å². The average molecular weight is 304 g/mol. The van der Waals surface area contributed by atoms with E-state index in [4.69, 9.17) is 9.15 Å². The van der Waals surface area contributed by atoms with Gasteiger partial charge in [-0.05, 0) is 31.2 Å². The second-order valence-electron chi connectivity index (χ2n) is 5.00. The summed E-state index contributed by atoms with van der Waals surface area (Å²) in [4.78, 5) is 11.9. The number of amides is 2. The fraction of sp³-hybridized carbons (Fsp3) is 0.312. The first-order chi connectivity index (χ1) is 10.6. The average Bonchev–Trinajstić information content (AvgIpc) is 3.01. The minimum atomic E-state index is -0.748. The van der Waals surface area contributed by atoms with Crippen LogP contribution in [0.15, 0.2) is 47.1 Å². The number of benzene rings is 1. The molecule has 22 heavy (non-hydrogen) atoms. The topological polar surface area (TPSA) is 83.7 Å². The Morgan fingerprint density at radius 1 is 1.36 bits per heavy atom. The molecule has 1 aromatic heterocycles. The Labute approximate surface area is 129 Å². The minimum Gasteiger partial charge on any atom is -0.497 e. The second-order valence-corrected chi connectivity index (χ2v) is 5.00. The van der Waals surface area contributed by atoms with E-state index in [1.807, 2.05) is 6.92 Å². The van der Waals surface area contributed by atoms with Gasteiger partial charge in [-0.15, -0.1) is 0 Å². The van der Waals surface area contributed by atoms with Crippen molar-refractivity contribution in [1.82, 2.24) is 5.32 Å². The summed E-state index contributed by atoms with van der Waals surface area (Å²) in [5.74, 6) is 1.15. The molecule has 0 saturated heterocycles. The number of urea groups is 1. The Hall–Kier alpha value is -2.47. The lowest BCUT2D eigenvalue weighted by molar-refractivity contribution is 0.130. The summed E-state index contributed by atoms with van der Waals surface area (Å²) in [6.07, 6.45) is 1.12. The molecule has 2 rings (SSSR count). The number of hydrogen-bond donors (Lipinski definition) is 3. The van der Waals surface area contributed by atoms with Gasteiger partial charge in [-0.2, -0.15) is 0 Å². The Morgan fingerprint density at radius 2 is 2.18 bits per heavy atom. The zero-order valence-electron chi connectivity index (χ0n) is 12.6. The van der Waals surface area contributed by atoms with Gasteiger partial charge in [0, 0.05) is 24.2 Å².